The van der Waals surface area contributed by atoms with Crippen LogP contribution in [0.15, 0.2) is 12.1 Å². The average Bonchev–Trinajstić information content (AvgIpc) is 2.41. The van der Waals surface area contributed by atoms with Gasteiger partial charge < -0.3 is 4.74 Å². The number of benzene rings is 1. The molecule has 2 rings (SSSR count). The van der Waals surface area contributed by atoms with Gasteiger partial charge in [-0.2, -0.15) is 0 Å². The average molecular weight is 290 g/mol. The van der Waals surface area contributed by atoms with E-state index in [-0.39, 0.29) is 0 Å². The molecule has 0 saturated heterocycles. The van der Waals surface area contributed by atoms with Crippen molar-refractivity contribution in [3.8, 4) is 5.75 Å². The van der Waals surface area contributed by atoms with Crippen molar-refractivity contribution in [1.82, 2.24) is 0 Å². The van der Waals surface area contributed by atoms with E-state index in [0.717, 1.165) is 17.2 Å². The third-order valence-corrected chi connectivity index (χ3v) is 4.20. The van der Waals surface area contributed by atoms with E-state index in [1.54, 1.807) is 7.11 Å². The minimum absolute atomic E-state index is 0.419. The molecule has 1 aliphatic carbocycles. The van der Waals surface area contributed by atoms with Gasteiger partial charge in [-0.25, -0.2) is 0 Å². The number of methoxy groups -OCH3 is 1. The Labute approximate surface area is 104 Å². The number of hydrogen-bond donors (Lipinski definition) is 0. The second-order valence-corrected chi connectivity index (χ2v) is 5.40. The summed E-state index contributed by atoms with van der Waals surface area (Å²) < 4.78 is 5.24. The molecule has 0 amide bonds. The molecular weight excluding hydrogens is 275 g/mol. The molecule has 0 fully saturated rings. The second-order valence-electron chi connectivity index (χ2n) is 3.89. The lowest BCUT2D eigenvalue weighted by Gasteiger charge is -2.14. The first-order chi connectivity index (χ1) is 7.22. The standard InChI is InChI=1S/C12H14BrClO/c1-15-8-6-10-9(12(14)7-8)4-2-3-5-11(10)13/h6-7,11H,2-5H2,1H3. The summed E-state index contributed by atoms with van der Waals surface area (Å²) in [7, 11) is 1.68. The third-order valence-electron chi connectivity index (χ3n) is 2.91. The molecule has 0 aromatic heterocycles. The van der Waals surface area contributed by atoms with Crippen molar-refractivity contribution in [2.45, 2.75) is 30.5 Å². The number of fused-ring (bicyclic) bond motifs is 1. The van der Waals surface area contributed by atoms with Crippen molar-refractivity contribution in [3.05, 3.63) is 28.3 Å². The van der Waals surface area contributed by atoms with Crippen LogP contribution in [0.4, 0.5) is 0 Å². The van der Waals surface area contributed by atoms with Gasteiger partial charge >= 0.3 is 0 Å². The molecular formula is C12H14BrClO. The largest absolute Gasteiger partial charge is 0.497 e. The van der Waals surface area contributed by atoms with Gasteiger partial charge in [0.1, 0.15) is 5.75 Å². The molecule has 1 atom stereocenters. The monoisotopic (exact) mass is 288 g/mol. The van der Waals surface area contributed by atoms with Crippen LogP contribution in [0.1, 0.15) is 35.2 Å². The predicted molar refractivity (Wildman–Crippen MR) is 67.2 cm³/mol. The van der Waals surface area contributed by atoms with Crippen molar-refractivity contribution >= 4 is 27.5 Å². The highest BCUT2D eigenvalue weighted by Gasteiger charge is 2.19. The normalized spacial score (nSPS) is 20.6. The number of alkyl halides is 1. The lowest BCUT2D eigenvalue weighted by atomic mass is 10.0. The van der Waals surface area contributed by atoms with Gasteiger partial charge in [0.05, 0.1) is 7.11 Å². The molecule has 1 aromatic carbocycles. The van der Waals surface area contributed by atoms with Crippen LogP contribution < -0.4 is 4.74 Å². The Bertz CT molecular complexity index is 365. The Morgan fingerprint density at radius 1 is 1.40 bits per heavy atom. The number of halogens is 2. The molecule has 0 spiro atoms. The Kier molecular flexibility index (Phi) is 3.57. The molecule has 15 heavy (non-hydrogen) atoms. The van der Waals surface area contributed by atoms with Crippen LogP contribution in [0.25, 0.3) is 0 Å². The van der Waals surface area contributed by atoms with Crippen molar-refractivity contribution < 1.29 is 4.74 Å². The Hall–Kier alpha value is -0.210. The number of rotatable bonds is 1. The number of ether oxygens (including phenoxy) is 1. The van der Waals surface area contributed by atoms with Gasteiger partial charge in [0, 0.05) is 9.85 Å². The first-order valence-corrected chi connectivity index (χ1v) is 6.52. The van der Waals surface area contributed by atoms with E-state index in [9.17, 15) is 0 Å². The van der Waals surface area contributed by atoms with E-state index in [2.05, 4.69) is 22.0 Å². The predicted octanol–water partition coefficient (Wildman–Crippen LogP) is 4.51. The van der Waals surface area contributed by atoms with Gasteiger partial charge in [0.25, 0.3) is 0 Å². The fraction of sp³-hybridized carbons (Fsp3) is 0.500. The minimum Gasteiger partial charge on any atom is -0.497 e. The fourth-order valence-corrected chi connectivity index (χ4v) is 3.12. The van der Waals surface area contributed by atoms with E-state index in [1.807, 2.05) is 6.07 Å². The minimum atomic E-state index is 0.419. The lowest BCUT2D eigenvalue weighted by Crippen LogP contribution is -1.96. The fourth-order valence-electron chi connectivity index (χ4n) is 2.07. The summed E-state index contributed by atoms with van der Waals surface area (Å²) >= 11 is 9.98. The second kappa shape index (κ2) is 4.75. The quantitative estimate of drug-likeness (QED) is 0.546. The molecule has 82 valence electrons. The van der Waals surface area contributed by atoms with E-state index < -0.39 is 0 Å². The highest BCUT2D eigenvalue weighted by atomic mass is 79.9. The molecule has 1 nitrogen and oxygen atoms in total. The molecule has 0 aliphatic heterocycles. The van der Waals surface area contributed by atoms with Crippen molar-refractivity contribution in [2.24, 2.45) is 0 Å². The topological polar surface area (TPSA) is 9.23 Å². The third kappa shape index (κ3) is 2.31. The summed E-state index contributed by atoms with van der Waals surface area (Å²) in [5.74, 6) is 0.852. The molecule has 0 N–H and O–H groups in total. The zero-order valence-electron chi connectivity index (χ0n) is 8.72. The summed E-state index contributed by atoms with van der Waals surface area (Å²) in [4.78, 5) is 0.419. The van der Waals surface area contributed by atoms with Crippen LogP contribution in [0.3, 0.4) is 0 Å². The first kappa shape index (κ1) is 11.3. The van der Waals surface area contributed by atoms with E-state index in [0.29, 0.717) is 4.83 Å². The lowest BCUT2D eigenvalue weighted by molar-refractivity contribution is 0.414. The van der Waals surface area contributed by atoms with Crippen molar-refractivity contribution in [3.63, 3.8) is 0 Å². The van der Waals surface area contributed by atoms with Gasteiger partial charge in [0.15, 0.2) is 0 Å². The summed E-state index contributed by atoms with van der Waals surface area (Å²) in [6.07, 6.45) is 4.74. The summed E-state index contributed by atoms with van der Waals surface area (Å²) in [6.45, 7) is 0. The molecule has 1 aromatic rings. The molecule has 1 unspecified atom stereocenters. The van der Waals surface area contributed by atoms with Crippen molar-refractivity contribution in [2.75, 3.05) is 7.11 Å². The molecule has 0 radical (unpaired) electrons. The van der Waals surface area contributed by atoms with Crippen LogP contribution in [0, 0.1) is 0 Å². The Morgan fingerprint density at radius 3 is 2.93 bits per heavy atom. The highest BCUT2D eigenvalue weighted by Crippen LogP contribution is 2.40. The molecule has 1 aliphatic rings. The van der Waals surface area contributed by atoms with Crippen LogP contribution in [0.2, 0.25) is 5.02 Å². The van der Waals surface area contributed by atoms with Crippen LogP contribution in [-0.4, -0.2) is 7.11 Å². The maximum Gasteiger partial charge on any atom is 0.120 e. The smallest absolute Gasteiger partial charge is 0.120 e. The Morgan fingerprint density at radius 2 is 2.20 bits per heavy atom. The van der Waals surface area contributed by atoms with E-state index in [1.165, 1.54) is 30.4 Å². The van der Waals surface area contributed by atoms with Gasteiger partial charge in [-0.15, -0.1) is 0 Å². The van der Waals surface area contributed by atoms with Crippen LogP contribution in [-0.2, 0) is 6.42 Å². The van der Waals surface area contributed by atoms with Gasteiger partial charge in [-0.1, -0.05) is 34.0 Å². The maximum atomic E-state index is 6.26. The van der Waals surface area contributed by atoms with Gasteiger partial charge in [-0.05, 0) is 42.5 Å². The highest BCUT2D eigenvalue weighted by molar-refractivity contribution is 9.09. The van der Waals surface area contributed by atoms with Crippen molar-refractivity contribution in [1.29, 1.82) is 0 Å². The number of hydrogen-bond acceptors (Lipinski definition) is 1. The summed E-state index contributed by atoms with van der Waals surface area (Å²) in [5.41, 5.74) is 2.59. The van der Waals surface area contributed by atoms with E-state index >= 15 is 0 Å². The van der Waals surface area contributed by atoms with Gasteiger partial charge in [0.2, 0.25) is 0 Å². The van der Waals surface area contributed by atoms with E-state index in [4.69, 9.17) is 16.3 Å². The zero-order chi connectivity index (χ0) is 10.8. The maximum absolute atomic E-state index is 6.26. The molecule has 0 saturated carbocycles. The summed E-state index contributed by atoms with van der Waals surface area (Å²) in [6, 6.07) is 4.01. The molecule has 0 heterocycles. The summed E-state index contributed by atoms with van der Waals surface area (Å²) in [5, 5.41) is 0.843. The molecule has 0 bridgehead atoms. The zero-order valence-corrected chi connectivity index (χ0v) is 11.1. The Balaban J connectivity index is 2.50. The SMILES string of the molecule is COc1cc(Cl)c2c(c1)C(Br)CCCC2. The van der Waals surface area contributed by atoms with Crippen LogP contribution >= 0.6 is 27.5 Å². The van der Waals surface area contributed by atoms with Gasteiger partial charge in [-0.3, -0.25) is 0 Å². The first-order valence-electron chi connectivity index (χ1n) is 5.22. The molecule has 3 heteroatoms. The van der Waals surface area contributed by atoms with Crippen LogP contribution in [0.5, 0.6) is 5.75 Å².